The fourth-order valence-corrected chi connectivity index (χ4v) is 2.84. The van der Waals surface area contributed by atoms with E-state index in [-0.39, 0.29) is 11.8 Å². The molecule has 0 spiro atoms. The molecule has 1 fully saturated rings. The fourth-order valence-electron chi connectivity index (χ4n) is 2.84. The summed E-state index contributed by atoms with van der Waals surface area (Å²) in [6.45, 7) is 5.02. The van der Waals surface area contributed by atoms with Crippen LogP contribution in [0.25, 0.3) is 0 Å². The topological polar surface area (TPSA) is 55.1 Å². The van der Waals surface area contributed by atoms with Crippen LogP contribution in [0.5, 0.6) is 0 Å². The lowest BCUT2D eigenvalue weighted by Crippen LogP contribution is -2.40. The molecule has 100 valence electrons. The molecule has 0 aromatic carbocycles. The van der Waals surface area contributed by atoms with Crippen molar-refractivity contribution in [1.82, 2.24) is 5.32 Å². The molecule has 3 nitrogen and oxygen atoms in total. The normalized spacial score (nSPS) is 24.9. The van der Waals surface area contributed by atoms with E-state index in [1.807, 2.05) is 0 Å². The summed E-state index contributed by atoms with van der Waals surface area (Å²) in [4.78, 5) is 12.1. The number of nitrogens with two attached hydrogens (primary N) is 1. The second-order valence-corrected chi connectivity index (χ2v) is 5.33. The zero-order chi connectivity index (χ0) is 12.7. The van der Waals surface area contributed by atoms with Crippen LogP contribution in [0, 0.1) is 11.8 Å². The molecule has 0 saturated heterocycles. The zero-order valence-corrected chi connectivity index (χ0v) is 11.4. The van der Waals surface area contributed by atoms with Crippen LogP contribution < -0.4 is 11.1 Å². The van der Waals surface area contributed by atoms with Crippen LogP contribution in [0.3, 0.4) is 0 Å². The molecule has 0 aromatic heterocycles. The molecule has 0 bridgehead atoms. The van der Waals surface area contributed by atoms with E-state index >= 15 is 0 Å². The first-order chi connectivity index (χ1) is 8.21. The summed E-state index contributed by atoms with van der Waals surface area (Å²) in [6.07, 6.45) is 7.69. The summed E-state index contributed by atoms with van der Waals surface area (Å²) in [6, 6.07) is 0.359. The van der Waals surface area contributed by atoms with Crippen LogP contribution in [0.4, 0.5) is 0 Å². The van der Waals surface area contributed by atoms with Gasteiger partial charge in [0.25, 0.3) is 0 Å². The smallest absolute Gasteiger partial charge is 0.223 e. The highest BCUT2D eigenvalue weighted by Gasteiger charge is 2.27. The van der Waals surface area contributed by atoms with Gasteiger partial charge in [0.1, 0.15) is 0 Å². The van der Waals surface area contributed by atoms with Crippen molar-refractivity contribution < 1.29 is 4.79 Å². The predicted molar refractivity (Wildman–Crippen MR) is 71.6 cm³/mol. The molecule has 1 aliphatic carbocycles. The first-order valence-corrected chi connectivity index (χ1v) is 7.21. The Balaban J connectivity index is 2.40. The van der Waals surface area contributed by atoms with Gasteiger partial charge < -0.3 is 11.1 Å². The van der Waals surface area contributed by atoms with Crippen molar-refractivity contribution in [3.63, 3.8) is 0 Å². The molecule has 1 rings (SSSR count). The molecule has 3 N–H and O–H groups in total. The minimum absolute atomic E-state index is 0.237. The quantitative estimate of drug-likeness (QED) is 0.749. The summed E-state index contributed by atoms with van der Waals surface area (Å²) in [5, 5.41) is 3.18. The highest BCUT2D eigenvalue weighted by atomic mass is 16.1. The van der Waals surface area contributed by atoms with Crippen LogP contribution in [-0.2, 0) is 4.79 Å². The number of amides is 1. The van der Waals surface area contributed by atoms with Crippen LogP contribution in [0.2, 0.25) is 0 Å². The zero-order valence-electron chi connectivity index (χ0n) is 11.4. The number of carbonyl (C=O) groups excluding carboxylic acids is 1. The molecular formula is C14H28N2O. The first-order valence-electron chi connectivity index (χ1n) is 7.21. The third kappa shape index (κ3) is 4.66. The van der Waals surface area contributed by atoms with Gasteiger partial charge in [-0.15, -0.1) is 0 Å². The average Bonchev–Trinajstić information content (AvgIpc) is 2.36. The lowest BCUT2D eigenvalue weighted by Gasteiger charge is -2.29. The van der Waals surface area contributed by atoms with Crippen molar-refractivity contribution in [1.29, 1.82) is 0 Å². The Morgan fingerprint density at radius 1 is 1.35 bits per heavy atom. The van der Waals surface area contributed by atoms with Crippen LogP contribution in [-0.4, -0.2) is 18.5 Å². The number of hydrogen-bond acceptors (Lipinski definition) is 2. The van der Waals surface area contributed by atoms with Crippen molar-refractivity contribution in [2.45, 2.75) is 64.8 Å². The molecule has 0 heterocycles. The maximum absolute atomic E-state index is 12.1. The SMILES string of the molecule is CCC(CC)NC(=O)C1CCCC(CCN)C1. The maximum atomic E-state index is 12.1. The molecule has 17 heavy (non-hydrogen) atoms. The Bertz CT molecular complexity index is 224. The summed E-state index contributed by atoms with van der Waals surface area (Å²) in [7, 11) is 0. The van der Waals surface area contributed by atoms with Gasteiger partial charge in [-0.2, -0.15) is 0 Å². The van der Waals surface area contributed by atoms with Gasteiger partial charge >= 0.3 is 0 Å². The predicted octanol–water partition coefficient (Wildman–Crippen LogP) is 2.45. The Kier molecular flexibility index (Phi) is 6.56. The van der Waals surface area contributed by atoms with E-state index in [1.54, 1.807) is 0 Å². The summed E-state index contributed by atoms with van der Waals surface area (Å²) in [5.41, 5.74) is 5.60. The van der Waals surface area contributed by atoms with E-state index in [0.29, 0.717) is 12.0 Å². The third-order valence-corrected chi connectivity index (χ3v) is 4.06. The van der Waals surface area contributed by atoms with E-state index < -0.39 is 0 Å². The summed E-state index contributed by atoms with van der Waals surface area (Å²) in [5.74, 6) is 1.19. The largest absolute Gasteiger partial charge is 0.353 e. The van der Waals surface area contributed by atoms with Gasteiger partial charge in [0, 0.05) is 12.0 Å². The monoisotopic (exact) mass is 240 g/mol. The highest BCUT2D eigenvalue weighted by molar-refractivity contribution is 5.79. The molecule has 3 heteroatoms. The van der Waals surface area contributed by atoms with Crippen LogP contribution >= 0.6 is 0 Å². The van der Waals surface area contributed by atoms with E-state index in [1.165, 1.54) is 12.8 Å². The Morgan fingerprint density at radius 3 is 2.65 bits per heavy atom. The lowest BCUT2D eigenvalue weighted by molar-refractivity contribution is -0.127. The molecule has 1 aliphatic rings. The Labute approximate surface area is 106 Å². The van der Waals surface area contributed by atoms with Gasteiger partial charge in [-0.3, -0.25) is 4.79 Å². The fraction of sp³-hybridized carbons (Fsp3) is 0.929. The molecule has 2 atom stereocenters. The van der Waals surface area contributed by atoms with Crippen molar-refractivity contribution in [3.05, 3.63) is 0 Å². The van der Waals surface area contributed by atoms with E-state index in [2.05, 4.69) is 19.2 Å². The highest BCUT2D eigenvalue weighted by Crippen LogP contribution is 2.31. The number of hydrogen-bond donors (Lipinski definition) is 2. The number of carbonyl (C=O) groups is 1. The molecular weight excluding hydrogens is 212 g/mol. The number of rotatable bonds is 6. The van der Waals surface area contributed by atoms with Crippen molar-refractivity contribution in [2.75, 3.05) is 6.54 Å². The second-order valence-electron chi connectivity index (χ2n) is 5.33. The Morgan fingerprint density at radius 2 is 2.06 bits per heavy atom. The molecule has 2 unspecified atom stereocenters. The van der Waals surface area contributed by atoms with Gasteiger partial charge in [-0.25, -0.2) is 0 Å². The average molecular weight is 240 g/mol. The van der Waals surface area contributed by atoms with Crippen LogP contribution in [0.1, 0.15) is 58.8 Å². The number of nitrogens with one attached hydrogen (secondary N) is 1. The second kappa shape index (κ2) is 7.70. The van der Waals surface area contributed by atoms with Gasteiger partial charge in [0.15, 0.2) is 0 Å². The van der Waals surface area contributed by atoms with E-state index in [0.717, 1.165) is 38.6 Å². The standard InChI is InChI=1S/C14H28N2O/c1-3-13(4-2)16-14(17)12-7-5-6-11(10-12)8-9-15/h11-13H,3-10,15H2,1-2H3,(H,16,17). The van der Waals surface area contributed by atoms with Crippen molar-refractivity contribution >= 4 is 5.91 Å². The summed E-state index contributed by atoms with van der Waals surface area (Å²) < 4.78 is 0. The summed E-state index contributed by atoms with van der Waals surface area (Å²) >= 11 is 0. The van der Waals surface area contributed by atoms with Gasteiger partial charge in [-0.05, 0) is 44.6 Å². The molecule has 0 radical (unpaired) electrons. The molecule has 1 amide bonds. The molecule has 1 saturated carbocycles. The van der Waals surface area contributed by atoms with Gasteiger partial charge in [0.2, 0.25) is 5.91 Å². The van der Waals surface area contributed by atoms with Crippen molar-refractivity contribution in [3.8, 4) is 0 Å². The maximum Gasteiger partial charge on any atom is 0.223 e. The molecule has 0 aromatic rings. The van der Waals surface area contributed by atoms with Crippen molar-refractivity contribution in [2.24, 2.45) is 17.6 Å². The minimum Gasteiger partial charge on any atom is -0.353 e. The van der Waals surface area contributed by atoms with Crippen LogP contribution in [0.15, 0.2) is 0 Å². The van der Waals surface area contributed by atoms with Gasteiger partial charge in [0.05, 0.1) is 0 Å². The third-order valence-electron chi connectivity index (χ3n) is 4.06. The minimum atomic E-state index is 0.237. The lowest BCUT2D eigenvalue weighted by atomic mass is 9.79. The van der Waals surface area contributed by atoms with E-state index in [9.17, 15) is 4.79 Å². The Hall–Kier alpha value is -0.570. The first kappa shape index (κ1) is 14.5. The molecule has 0 aliphatic heterocycles. The van der Waals surface area contributed by atoms with Gasteiger partial charge in [-0.1, -0.05) is 26.7 Å². The van der Waals surface area contributed by atoms with E-state index in [4.69, 9.17) is 5.73 Å².